The summed E-state index contributed by atoms with van der Waals surface area (Å²) in [6, 6.07) is 11.9. The summed E-state index contributed by atoms with van der Waals surface area (Å²) in [6.45, 7) is 2.01. The molecule has 3 aromatic rings. The number of anilines is 2. The van der Waals surface area contributed by atoms with Crippen LogP contribution in [0.15, 0.2) is 42.9 Å². The second-order valence-corrected chi connectivity index (χ2v) is 7.57. The minimum Gasteiger partial charge on any atom is -0.374 e. The second-order valence-electron chi connectivity index (χ2n) is 7.57. The zero-order chi connectivity index (χ0) is 21.8. The van der Waals surface area contributed by atoms with Gasteiger partial charge in [-0.1, -0.05) is 24.3 Å². The monoisotopic (exact) mass is 414 g/mol. The highest BCUT2D eigenvalue weighted by atomic mass is 16.3. The van der Waals surface area contributed by atoms with Crippen molar-refractivity contribution in [2.24, 2.45) is 5.92 Å². The molecule has 0 spiro atoms. The van der Waals surface area contributed by atoms with Gasteiger partial charge in [-0.15, -0.1) is 0 Å². The Bertz CT molecular complexity index is 1140. The second kappa shape index (κ2) is 8.92. The molecule has 0 radical (unpaired) electrons. The van der Waals surface area contributed by atoms with Gasteiger partial charge < -0.3 is 10.4 Å². The van der Waals surface area contributed by atoms with E-state index < -0.39 is 6.23 Å². The predicted octanol–water partition coefficient (Wildman–Crippen LogP) is 2.97. The molecule has 4 rings (SSSR count). The van der Waals surface area contributed by atoms with Gasteiger partial charge in [0.2, 0.25) is 5.95 Å². The van der Waals surface area contributed by atoms with Crippen LogP contribution in [0.5, 0.6) is 0 Å². The lowest BCUT2D eigenvalue weighted by Gasteiger charge is -2.30. The Morgan fingerprint density at radius 2 is 2.00 bits per heavy atom. The van der Waals surface area contributed by atoms with Gasteiger partial charge in [0.1, 0.15) is 6.23 Å². The van der Waals surface area contributed by atoms with Crippen molar-refractivity contribution in [2.45, 2.75) is 32.0 Å². The summed E-state index contributed by atoms with van der Waals surface area (Å²) in [5, 5.41) is 37.9. The van der Waals surface area contributed by atoms with Crippen molar-refractivity contribution in [3.05, 3.63) is 54.0 Å². The maximum Gasteiger partial charge on any atom is 0.227 e. The molecule has 31 heavy (non-hydrogen) atoms. The van der Waals surface area contributed by atoms with Crippen LogP contribution in [0.1, 0.15) is 36.2 Å². The fourth-order valence-corrected chi connectivity index (χ4v) is 3.52. The number of nitrogens with one attached hydrogen (secondary N) is 2. The van der Waals surface area contributed by atoms with Crippen LogP contribution in [0.2, 0.25) is 0 Å². The number of aliphatic hydroxyl groups excluding tert-OH is 1. The summed E-state index contributed by atoms with van der Waals surface area (Å²) in [6.07, 6.45) is 6.17. The van der Waals surface area contributed by atoms with Crippen molar-refractivity contribution in [2.75, 3.05) is 11.9 Å². The van der Waals surface area contributed by atoms with Crippen molar-refractivity contribution in [1.82, 2.24) is 25.1 Å². The number of benzene rings is 1. The summed E-state index contributed by atoms with van der Waals surface area (Å²) < 4.78 is 1.88. The normalized spacial score (nSPS) is 18.5. The van der Waals surface area contributed by atoms with Gasteiger partial charge in [-0.2, -0.15) is 15.6 Å². The van der Waals surface area contributed by atoms with Crippen LogP contribution in [-0.4, -0.2) is 31.4 Å². The summed E-state index contributed by atoms with van der Waals surface area (Å²) in [5.41, 5.74) is 4.07. The number of aromatic nitrogens is 4. The molecule has 1 aliphatic carbocycles. The summed E-state index contributed by atoms with van der Waals surface area (Å²) in [7, 11) is 0. The van der Waals surface area contributed by atoms with Crippen LogP contribution in [-0.2, 0) is 0 Å². The molecule has 9 heteroatoms. The molecule has 1 fully saturated rings. The molecule has 0 saturated heterocycles. The number of aliphatic hydroxyl groups is 1. The van der Waals surface area contributed by atoms with E-state index in [0.29, 0.717) is 11.5 Å². The van der Waals surface area contributed by atoms with Crippen molar-refractivity contribution in [3.63, 3.8) is 0 Å². The third-order valence-electron chi connectivity index (χ3n) is 5.37. The molecule has 1 unspecified atom stereocenters. The van der Waals surface area contributed by atoms with E-state index in [-0.39, 0.29) is 18.5 Å². The lowest BCUT2D eigenvalue weighted by atomic mass is 9.81. The number of hydrogen-bond acceptors (Lipinski definition) is 8. The Morgan fingerprint density at radius 1 is 1.23 bits per heavy atom. The average Bonchev–Trinajstić information content (AvgIpc) is 3.20. The number of nitrogens with zero attached hydrogens (tertiary/aromatic N) is 6. The largest absolute Gasteiger partial charge is 0.374 e. The van der Waals surface area contributed by atoms with Gasteiger partial charge in [-0.25, -0.2) is 9.97 Å². The topological polar surface area (TPSA) is 135 Å². The van der Waals surface area contributed by atoms with Crippen LogP contribution in [0.25, 0.3) is 11.3 Å². The molecule has 1 saturated carbocycles. The molecule has 2 heterocycles. The van der Waals surface area contributed by atoms with Crippen LogP contribution in [0.3, 0.4) is 0 Å². The van der Waals surface area contributed by atoms with Crippen LogP contribution in [0.4, 0.5) is 11.6 Å². The molecule has 2 aromatic heterocycles. The minimum atomic E-state index is -0.895. The molecule has 1 aliphatic rings. The number of hydrogen-bond donors (Lipinski definition) is 3. The van der Waals surface area contributed by atoms with Gasteiger partial charge in [0.15, 0.2) is 0 Å². The van der Waals surface area contributed by atoms with Gasteiger partial charge in [-0.3, -0.25) is 10.00 Å². The van der Waals surface area contributed by atoms with Gasteiger partial charge in [0.25, 0.3) is 0 Å². The van der Waals surface area contributed by atoms with Gasteiger partial charge in [0.05, 0.1) is 48.2 Å². The Kier molecular flexibility index (Phi) is 5.89. The lowest BCUT2D eigenvalue weighted by molar-refractivity contribution is 0.144. The zero-order valence-corrected chi connectivity index (χ0v) is 17.0. The van der Waals surface area contributed by atoms with Crippen LogP contribution in [0, 0.1) is 35.5 Å². The zero-order valence-electron chi connectivity index (χ0n) is 17.0. The number of rotatable bonds is 7. The van der Waals surface area contributed by atoms with E-state index in [1.807, 2.05) is 36.0 Å². The van der Waals surface area contributed by atoms with E-state index >= 15 is 0 Å². The van der Waals surface area contributed by atoms with E-state index in [1.54, 1.807) is 24.5 Å². The Morgan fingerprint density at radius 3 is 2.71 bits per heavy atom. The molecular formula is C22H22N8O. The van der Waals surface area contributed by atoms with Crippen molar-refractivity contribution in [1.29, 1.82) is 10.5 Å². The third-order valence-corrected chi connectivity index (χ3v) is 5.37. The quantitative estimate of drug-likeness (QED) is 0.397. The summed E-state index contributed by atoms with van der Waals surface area (Å²) >= 11 is 0. The molecule has 9 nitrogen and oxygen atoms in total. The molecule has 0 amide bonds. The SMILES string of the molecule is Cc1cnc(Nc2cnn(C3CC(C#N)C3)c2)nc1-c1ccc(C(O)NCC#N)cc1. The van der Waals surface area contributed by atoms with Gasteiger partial charge in [-0.05, 0) is 30.9 Å². The third kappa shape index (κ3) is 4.53. The number of aryl methyl sites for hydroxylation is 1. The predicted molar refractivity (Wildman–Crippen MR) is 114 cm³/mol. The summed E-state index contributed by atoms with van der Waals surface area (Å²) in [5.74, 6) is 0.590. The Labute approximate surface area is 180 Å². The molecule has 0 aliphatic heterocycles. The van der Waals surface area contributed by atoms with E-state index in [9.17, 15) is 5.11 Å². The molecule has 3 N–H and O–H groups in total. The first-order valence-corrected chi connectivity index (χ1v) is 10.0. The van der Waals surface area contributed by atoms with E-state index in [4.69, 9.17) is 10.5 Å². The first-order chi connectivity index (χ1) is 15.1. The maximum atomic E-state index is 10.0. The molecular weight excluding hydrogens is 392 g/mol. The fourth-order valence-electron chi connectivity index (χ4n) is 3.52. The van der Waals surface area contributed by atoms with E-state index in [0.717, 1.165) is 35.3 Å². The standard InChI is InChI=1S/C22H22N8O/c1-14-11-26-22(28-18-12-27-30(13-18)19-8-15(9-19)10-24)29-20(14)16-2-4-17(5-3-16)21(31)25-7-6-23/h2-5,11-13,15,19,21,25,31H,7-9H2,1H3,(H,26,28,29). The fraction of sp³-hybridized carbons (Fsp3) is 0.318. The lowest BCUT2D eigenvalue weighted by Crippen LogP contribution is -2.25. The molecule has 0 bridgehead atoms. The smallest absolute Gasteiger partial charge is 0.227 e. The van der Waals surface area contributed by atoms with Crippen molar-refractivity contribution >= 4 is 11.6 Å². The first-order valence-electron chi connectivity index (χ1n) is 10.0. The minimum absolute atomic E-state index is 0.0687. The Balaban J connectivity index is 1.47. The average molecular weight is 414 g/mol. The first kappa shape index (κ1) is 20.5. The molecule has 156 valence electrons. The summed E-state index contributed by atoms with van der Waals surface area (Å²) in [4.78, 5) is 9.02. The molecule has 1 atom stereocenters. The van der Waals surface area contributed by atoms with Gasteiger partial charge >= 0.3 is 0 Å². The van der Waals surface area contributed by atoms with Crippen LogP contribution >= 0.6 is 0 Å². The van der Waals surface area contributed by atoms with Gasteiger partial charge in [0, 0.05) is 18.0 Å². The van der Waals surface area contributed by atoms with E-state index in [2.05, 4.69) is 31.8 Å². The highest BCUT2D eigenvalue weighted by Crippen LogP contribution is 2.37. The highest BCUT2D eigenvalue weighted by molar-refractivity contribution is 5.65. The van der Waals surface area contributed by atoms with Crippen molar-refractivity contribution < 1.29 is 5.11 Å². The van der Waals surface area contributed by atoms with Crippen molar-refractivity contribution in [3.8, 4) is 23.4 Å². The Hall–Kier alpha value is -3.79. The van der Waals surface area contributed by atoms with E-state index in [1.165, 1.54) is 0 Å². The number of nitriles is 2. The van der Waals surface area contributed by atoms with Crippen LogP contribution < -0.4 is 10.6 Å². The molecule has 1 aromatic carbocycles. The highest BCUT2D eigenvalue weighted by Gasteiger charge is 2.30. The maximum absolute atomic E-state index is 10.0.